The Hall–Kier alpha value is -4.00. The number of aliphatic imine (C=N–C) groups is 1. The molecule has 3 aromatic carbocycles. The maximum absolute atomic E-state index is 11.1. The number of benzene rings is 3. The first-order chi connectivity index (χ1) is 13.6. The number of hydrogen-bond acceptors (Lipinski definition) is 6. The smallest absolute Gasteiger partial charge is 0.278 e. The third-order valence-electron chi connectivity index (χ3n) is 4.17. The van der Waals surface area contributed by atoms with E-state index in [0.29, 0.717) is 28.2 Å². The van der Waals surface area contributed by atoms with Crippen molar-refractivity contribution in [3.63, 3.8) is 0 Å². The minimum atomic E-state index is -0.428. The Bertz CT molecular complexity index is 1200. The summed E-state index contributed by atoms with van der Waals surface area (Å²) in [6, 6.07) is 19.2. The van der Waals surface area contributed by atoms with Gasteiger partial charge < -0.3 is 9.15 Å². The summed E-state index contributed by atoms with van der Waals surface area (Å²) >= 11 is 0. The molecule has 0 radical (unpaired) electrons. The molecule has 28 heavy (non-hydrogen) atoms. The summed E-state index contributed by atoms with van der Waals surface area (Å²) in [5.74, 6) is 1.20. The van der Waals surface area contributed by atoms with E-state index in [1.54, 1.807) is 43.5 Å². The molecule has 138 valence electrons. The highest BCUT2D eigenvalue weighted by atomic mass is 16.6. The van der Waals surface area contributed by atoms with Crippen LogP contribution in [0.3, 0.4) is 0 Å². The van der Waals surface area contributed by atoms with E-state index in [1.165, 1.54) is 12.3 Å². The average Bonchev–Trinajstić information content (AvgIpc) is 3.16. The van der Waals surface area contributed by atoms with E-state index >= 15 is 0 Å². The van der Waals surface area contributed by atoms with Crippen molar-refractivity contribution in [2.75, 3.05) is 7.11 Å². The zero-order chi connectivity index (χ0) is 19.5. The number of methoxy groups -OCH3 is 1. The number of fused-ring (bicyclic) bond motifs is 1. The van der Waals surface area contributed by atoms with Gasteiger partial charge in [-0.2, -0.15) is 0 Å². The Morgan fingerprint density at radius 3 is 2.79 bits per heavy atom. The maximum Gasteiger partial charge on any atom is 0.278 e. The van der Waals surface area contributed by atoms with E-state index in [-0.39, 0.29) is 5.69 Å². The third-order valence-corrected chi connectivity index (χ3v) is 4.17. The highest BCUT2D eigenvalue weighted by Gasteiger charge is 2.11. The van der Waals surface area contributed by atoms with Crippen molar-refractivity contribution in [2.45, 2.75) is 0 Å². The first kappa shape index (κ1) is 17.4. The molecule has 7 heteroatoms. The fourth-order valence-electron chi connectivity index (χ4n) is 2.78. The average molecular weight is 373 g/mol. The lowest BCUT2D eigenvalue weighted by molar-refractivity contribution is -0.385. The van der Waals surface area contributed by atoms with Crippen LogP contribution in [0.25, 0.3) is 22.6 Å². The molecule has 0 saturated carbocycles. The summed E-state index contributed by atoms with van der Waals surface area (Å²) in [6.07, 6.45) is 1.47. The molecule has 0 amide bonds. The largest absolute Gasteiger partial charge is 0.497 e. The van der Waals surface area contributed by atoms with Gasteiger partial charge in [-0.05, 0) is 42.5 Å². The Kier molecular flexibility index (Phi) is 4.55. The van der Waals surface area contributed by atoms with Gasteiger partial charge in [0.15, 0.2) is 5.58 Å². The van der Waals surface area contributed by atoms with Gasteiger partial charge in [-0.1, -0.05) is 18.2 Å². The topological polar surface area (TPSA) is 90.8 Å². The van der Waals surface area contributed by atoms with Crippen molar-refractivity contribution in [3.05, 3.63) is 82.4 Å². The predicted octanol–water partition coefficient (Wildman–Crippen LogP) is 5.16. The van der Waals surface area contributed by atoms with Crippen molar-refractivity contribution < 1.29 is 14.1 Å². The standard InChI is InChI=1S/C21H15N3O4/c1-27-17-7-4-6-14(11-17)21-23-18-12-16(9-10-20(18)28-21)22-13-15-5-2-3-8-19(15)24(25)26/h2-13H,1H3. The van der Waals surface area contributed by atoms with Crippen LogP contribution < -0.4 is 4.74 Å². The van der Waals surface area contributed by atoms with Gasteiger partial charge in [0.05, 0.1) is 23.3 Å². The van der Waals surface area contributed by atoms with Crippen LogP contribution in [-0.2, 0) is 0 Å². The Morgan fingerprint density at radius 1 is 1.11 bits per heavy atom. The van der Waals surface area contributed by atoms with E-state index in [0.717, 1.165) is 11.3 Å². The zero-order valence-electron chi connectivity index (χ0n) is 14.9. The summed E-state index contributed by atoms with van der Waals surface area (Å²) in [6.45, 7) is 0. The number of aromatic nitrogens is 1. The molecule has 0 saturated heterocycles. The highest BCUT2D eigenvalue weighted by molar-refractivity contribution is 5.88. The molecule has 0 bridgehead atoms. The van der Waals surface area contributed by atoms with Crippen LogP contribution in [-0.4, -0.2) is 23.2 Å². The number of hydrogen-bond donors (Lipinski definition) is 0. The summed E-state index contributed by atoms with van der Waals surface area (Å²) in [7, 11) is 1.60. The van der Waals surface area contributed by atoms with E-state index in [4.69, 9.17) is 9.15 Å². The fourth-order valence-corrected chi connectivity index (χ4v) is 2.78. The molecule has 0 unspecified atom stereocenters. The highest BCUT2D eigenvalue weighted by Crippen LogP contribution is 2.29. The lowest BCUT2D eigenvalue weighted by Gasteiger charge is -2.00. The second kappa shape index (κ2) is 7.32. The zero-order valence-corrected chi connectivity index (χ0v) is 14.9. The summed E-state index contributed by atoms with van der Waals surface area (Å²) in [4.78, 5) is 19.5. The van der Waals surface area contributed by atoms with Gasteiger partial charge in [0.2, 0.25) is 5.89 Å². The van der Waals surface area contributed by atoms with Crippen molar-refractivity contribution in [1.29, 1.82) is 0 Å². The molecule has 0 N–H and O–H groups in total. The minimum absolute atomic E-state index is 0.00840. The lowest BCUT2D eigenvalue weighted by Crippen LogP contribution is -1.93. The predicted molar refractivity (Wildman–Crippen MR) is 106 cm³/mol. The van der Waals surface area contributed by atoms with Crippen molar-refractivity contribution in [3.8, 4) is 17.2 Å². The van der Waals surface area contributed by atoms with E-state index in [1.807, 2.05) is 24.3 Å². The lowest BCUT2D eigenvalue weighted by atomic mass is 10.2. The number of rotatable bonds is 5. The van der Waals surface area contributed by atoms with E-state index in [9.17, 15) is 10.1 Å². The summed E-state index contributed by atoms with van der Waals surface area (Å²) in [5, 5.41) is 11.1. The first-order valence-electron chi connectivity index (χ1n) is 8.46. The van der Waals surface area contributed by atoms with E-state index < -0.39 is 4.92 Å². The molecular weight excluding hydrogens is 358 g/mol. The molecule has 0 spiro atoms. The first-order valence-corrected chi connectivity index (χ1v) is 8.46. The monoisotopic (exact) mass is 373 g/mol. The van der Waals surface area contributed by atoms with Gasteiger partial charge in [-0.3, -0.25) is 15.1 Å². The molecule has 0 atom stereocenters. The van der Waals surface area contributed by atoms with Crippen molar-refractivity contribution in [2.24, 2.45) is 4.99 Å². The van der Waals surface area contributed by atoms with Crippen LogP contribution in [0.4, 0.5) is 11.4 Å². The number of nitro benzene ring substituents is 1. The van der Waals surface area contributed by atoms with Crippen LogP contribution in [0.15, 0.2) is 76.1 Å². The van der Waals surface area contributed by atoms with Crippen LogP contribution in [0, 0.1) is 10.1 Å². The van der Waals surface area contributed by atoms with Gasteiger partial charge in [0.1, 0.15) is 11.3 Å². The Morgan fingerprint density at radius 2 is 1.96 bits per heavy atom. The van der Waals surface area contributed by atoms with Gasteiger partial charge in [0, 0.05) is 17.8 Å². The Balaban J connectivity index is 1.66. The molecule has 0 fully saturated rings. The molecule has 0 aliphatic rings. The maximum atomic E-state index is 11.1. The van der Waals surface area contributed by atoms with Crippen molar-refractivity contribution >= 4 is 28.7 Å². The van der Waals surface area contributed by atoms with E-state index in [2.05, 4.69) is 9.98 Å². The second-order valence-electron chi connectivity index (χ2n) is 5.98. The second-order valence-corrected chi connectivity index (χ2v) is 5.98. The Labute approximate surface area is 160 Å². The number of nitrogens with zero attached hydrogens (tertiary/aromatic N) is 3. The molecule has 0 aliphatic carbocycles. The van der Waals surface area contributed by atoms with Crippen LogP contribution in [0.5, 0.6) is 5.75 Å². The molecule has 0 aliphatic heterocycles. The number of nitro groups is 1. The normalized spacial score (nSPS) is 11.2. The molecule has 1 aromatic heterocycles. The number of para-hydroxylation sites is 1. The van der Waals surface area contributed by atoms with Gasteiger partial charge in [-0.15, -0.1) is 0 Å². The summed E-state index contributed by atoms with van der Waals surface area (Å²) in [5.41, 5.74) is 3.15. The third kappa shape index (κ3) is 3.45. The molecule has 4 aromatic rings. The summed E-state index contributed by atoms with van der Waals surface area (Å²) < 4.78 is 11.0. The number of ether oxygens (including phenoxy) is 1. The van der Waals surface area contributed by atoms with Crippen LogP contribution in [0.1, 0.15) is 5.56 Å². The van der Waals surface area contributed by atoms with Crippen LogP contribution in [0.2, 0.25) is 0 Å². The van der Waals surface area contributed by atoms with Gasteiger partial charge >= 0.3 is 0 Å². The van der Waals surface area contributed by atoms with Gasteiger partial charge in [0.25, 0.3) is 5.69 Å². The van der Waals surface area contributed by atoms with Gasteiger partial charge in [-0.25, -0.2) is 4.98 Å². The molecule has 1 heterocycles. The SMILES string of the molecule is COc1cccc(-c2nc3cc(N=Cc4ccccc4[N+](=O)[O-])ccc3o2)c1. The molecule has 4 rings (SSSR count). The fraction of sp³-hybridized carbons (Fsp3) is 0.0476. The molecular formula is C21H15N3O4. The van der Waals surface area contributed by atoms with Crippen LogP contribution >= 0.6 is 0 Å². The molecule has 7 nitrogen and oxygen atoms in total. The minimum Gasteiger partial charge on any atom is -0.497 e. The number of oxazole rings is 1. The van der Waals surface area contributed by atoms with Crippen molar-refractivity contribution in [1.82, 2.24) is 4.98 Å². The quantitative estimate of drug-likeness (QED) is 0.274.